The molecule has 0 bridgehead atoms. The van der Waals surface area contributed by atoms with Crippen LogP contribution in [0.5, 0.6) is 0 Å². The quantitative estimate of drug-likeness (QED) is 0.857. The molecule has 3 nitrogen and oxygen atoms in total. The van der Waals surface area contributed by atoms with Crippen LogP contribution in [0.25, 0.3) is 10.9 Å². The highest BCUT2D eigenvalue weighted by Gasteiger charge is 2.17. The Kier molecular flexibility index (Phi) is 3.76. The van der Waals surface area contributed by atoms with E-state index in [1.807, 2.05) is 6.07 Å². The van der Waals surface area contributed by atoms with E-state index in [1.54, 1.807) is 12.1 Å². The number of benzene rings is 1. The molecule has 0 amide bonds. The van der Waals surface area contributed by atoms with Crippen LogP contribution in [0.2, 0.25) is 0 Å². The third kappa shape index (κ3) is 2.58. The Bertz CT molecular complexity index is 602. The molecule has 1 aliphatic rings. The summed E-state index contributed by atoms with van der Waals surface area (Å²) in [6.07, 6.45) is 0. The summed E-state index contributed by atoms with van der Waals surface area (Å²) in [6, 6.07) is 7.47. The molecule has 1 unspecified atom stereocenters. The Balaban J connectivity index is 1.86. The first kappa shape index (κ1) is 13.6. The standard InChI is InChI=1S/C16H21FN2O/c1-12-9-14-10-15(17)3-4-16(14)19(12)13(2)11-18-5-7-20-8-6-18/h3-4,9-10,13H,5-8,11H2,1-2H3. The summed E-state index contributed by atoms with van der Waals surface area (Å²) >= 11 is 0. The van der Waals surface area contributed by atoms with Gasteiger partial charge in [0.15, 0.2) is 0 Å². The number of hydrogen-bond donors (Lipinski definition) is 0. The van der Waals surface area contributed by atoms with Crippen molar-refractivity contribution in [3.05, 3.63) is 35.8 Å². The Morgan fingerprint density at radius 1 is 1.25 bits per heavy atom. The van der Waals surface area contributed by atoms with Crippen LogP contribution >= 0.6 is 0 Å². The Morgan fingerprint density at radius 2 is 2.00 bits per heavy atom. The number of aryl methyl sites for hydroxylation is 1. The molecule has 1 saturated heterocycles. The van der Waals surface area contributed by atoms with Crippen LogP contribution in [-0.4, -0.2) is 42.3 Å². The van der Waals surface area contributed by atoms with Crippen molar-refractivity contribution in [3.63, 3.8) is 0 Å². The van der Waals surface area contributed by atoms with Gasteiger partial charge < -0.3 is 9.30 Å². The van der Waals surface area contributed by atoms with Crippen LogP contribution in [0.3, 0.4) is 0 Å². The number of morpholine rings is 1. The predicted octanol–water partition coefficient (Wildman–Crippen LogP) is 2.98. The van der Waals surface area contributed by atoms with Crippen molar-refractivity contribution in [1.82, 2.24) is 9.47 Å². The number of halogens is 1. The fourth-order valence-electron chi connectivity index (χ4n) is 3.17. The second-order valence-electron chi connectivity index (χ2n) is 5.62. The highest BCUT2D eigenvalue weighted by Crippen LogP contribution is 2.25. The molecule has 0 saturated carbocycles. The monoisotopic (exact) mass is 276 g/mol. The van der Waals surface area contributed by atoms with E-state index in [0.29, 0.717) is 6.04 Å². The summed E-state index contributed by atoms with van der Waals surface area (Å²) in [4.78, 5) is 2.43. The number of hydrogen-bond acceptors (Lipinski definition) is 2. The first-order valence-corrected chi connectivity index (χ1v) is 7.22. The van der Waals surface area contributed by atoms with Gasteiger partial charge in [0.1, 0.15) is 5.82 Å². The van der Waals surface area contributed by atoms with Gasteiger partial charge in [-0.3, -0.25) is 4.90 Å². The van der Waals surface area contributed by atoms with Gasteiger partial charge in [-0.1, -0.05) is 0 Å². The molecule has 108 valence electrons. The van der Waals surface area contributed by atoms with Crippen molar-refractivity contribution in [2.24, 2.45) is 0 Å². The molecule has 0 radical (unpaired) electrons. The normalized spacial score (nSPS) is 18.6. The zero-order valence-corrected chi connectivity index (χ0v) is 12.1. The topological polar surface area (TPSA) is 17.4 Å². The SMILES string of the molecule is Cc1cc2cc(F)ccc2n1C(C)CN1CCOCC1. The molecule has 20 heavy (non-hydrogen) atoms. The summed E-state index contributed by atoms with van der Waals surface area (Å²) in [5.41, 5.74) is 2.30. The predicted molar refractivity (Wildman–Crippen MR) is 78.6 cm³/mol. The van der Waals surface area contributed by atoms with Crippen LogP contribution in [0, 0.1) is 12.7 Å². The van der Waals surface area contributed by atoms with Gasteiger partial charge in [-0.15, -0.1) is 0 Å². The maximum Gasteiger partial charge on any atom is 0.123 e. The minimum absolute atomic E-state index is 0.171. The molecule has 0 aliphatic carbocycles. The number of fused-ring (bicyclic) bond motifs is 1. The van der Waals surface area contributed by atoms with Crippen molar-refractivity contribution in [2.45, 2.75) is 19.9 Å². The van der Waals surface area contributed by atoms with E-state index < -0.39 is 0 Å². The van der Waals surface area contributed by atoms with E-state index in [0.717, 1.165) is 43.8 Å². The van der Waals surface area contributed by atoms with E-state index in [9.17, 15) is 4.39 Å². The molecule has 1 aliphatic heterocycles. The summed E-state index contributed by atoms with van der Waals surface area (Å²) in [7, 11) is 0. The molecule has 3 rings (SSSR count). The number of aromatic nitrogens is 1. The van der Waals surface area contributed by atoms with Gasteiger partial charge in [0.2, 0.25) is 0 Å². The minimum atomic E-state index is -0.171. The van der Waals surface area contributed by atoms with Gasteiger partial charge >= 0.3 is 0 Å². The third-order valence-corrected chi connectivity index (χ3v) is 4.06. The maximum atomic E-state index is 13.3. The average Bonchev–Trinajstić information content (AvgIpc) is 2.74. The molecular weight excluding hydrogens is 255 g/mol. The molecule has 0 N–H and O–H groups in total. The fourth-order valence-corrected chi connectivity index (χ4v) is 3.17. The minimum Gasteiger partial charge on any atom is -0.379 e. The molecule has 1 aromatic carbocycles. The highest BCUT2D eigenvalue weighted by molar-refractivity contribution is 5.81. The first-order valence-electron chi connectivity index (χ1n) is 7.22. The summed E-state index contributed by atoms with van der Waals surface area (Å²) < 4.78 is 21.0. The Hall–Kier alpha value is -1.39. The molecule has 0 spiro atoms. The zero-order valence-electron chi connectivity index (χ0n) is 12.1. The van der Waals surface area contributed by atoms with Crippen LogP contribution in [-0.2, 0) is 4.74 Å². The molecule has 1 aromatic heterocycles. The highest BCUT2D eigenvalue weighted by atomic mass is 19.1. The van der Waals surface area contributed by atoms with Gasteiger partial charge in [0.05, 0.1) is 13.2 Å². The van der Waals surface area contributed by atoms with E-state index in [4.69, 9.17) is 4.74 Å². The molecule has 4 heteroatoms. The van der Waals surface area contributed by atoms with Crippen LogP contribution in [0.4, 0.5) is 4.39 Å². The molecular formula is C16H21FN2O. The maximum absolute atomic E-state index is 13.3. The van der Waals surface area contributed by atoms with Gasteiger partial charge in [-0.25, -0.2) is 4.39 Å². The lowest BCUT2D eigenvalue weighted by Crippen LogP contribution is -2.39. The van der Waals surface area contributed by atoms with E-state index in [2.05, 4.69) is 29.4 Å². The molecule has 2 aromatic rings. The lowest BCUT2D eigenvalue weighted by molar-refractivity contribution is 0.0327. The van der Waals surface area contributed by atoms with Gasteiger partial charge in [0, 0.05) is 42.3 Å². The van der Waals surface area contributed by atoms with Crippen molar-refractivity contribution >= 4 is 10.9 Å². The van der Waals surface area contributed by atoms with Gasteiger partial charge in [0.25, 0.3) is 0 Å². The second kappa shape index (κ2) is 5.54. The number of nitrogens with zero attached hydrogens (tertiary/aromatic N) is 2. The summed E-state index contributed by atoms with van der Waals surface area (Å²) in [6.45, 7) is 8.96. The van der Waals surface area contributed by atoms with E-state index >= 15 is 0 Å². The van der Waals surface area contributed by atoms with Crippen LogP contribution in [0.1, 0.15) is 18.7 Å². The lowest BCUT2D eigenvalue weighted by Gasteiger charge is -2.30. The molecule has 1 fully saturated rings. The van der Waals surface area contributed by atoms with E-state index in [-0.39, 0.29) is 5.82 Å². The van der Waals surface area contributed by atoms with Crippen LogP contribution in [0.15, 0.2) is 24.3 Å². The zero-order chi connectivity index (χ0) is 14.1. The number of rotatable bonds is 3. The van der Waals surface area contributed by atoms with Gasteiger partial charge in [-0.2, -0.15) is 0 Å². The van der Waals surface area contributed by atoms with Crippen molar-refractivity contribution in [1.29, 1.82) is 0 Å². The van der Waals surface area contributed by atoms with Gasteiger partial charge in [-0.05, 0) is 38.1 Å². The third-order valence-electron chi connectivity index (χ3n) is 4.06. The van der Waals surface area contributed by atoms with E-state index in [1.165, 1.54) is 5.69 Å². The summed E-state index contributed by atoms with van der Waals surface area (Å²) in [5.74, 6) is -0.171. The summed E-state index contributed by atoms with van der Waals surface area (Å²) in [5, 5.41) is 0.983. The van der Waals surface area contributed by atoms with Crippen molar-refractivity contribution in [3.8, 4) is 0 Å². The second-order valence-corrected chi connectivity index (χ2v) is 5.62. The Labute approximate surface area is 118 Å². The fraction of sp³-hybridized carbons (Fsp3) is 0.500. The lowest BCUT2D eigenvalue weighted by atomic mass is 10.2. The van der Waals surface area contributed by atoms with Crippen LogP contribution < -0.4 is 0 Å². The largest absolute Gasteiger partial charge is 0.379 e. The van der Waals surface area contributed by atoms with Crippen molar-refractivity contribution < 1.29 is 9.13 Å². The molecule has 2 heterocycles. The first-order chi connectivity index (χ1) is 9.65. The molecule has 1 atom stereocenters. The smallest absolute Gasteiger partial charge is 0.123 e. The number of ether oxygens (including phenoxy) is 1. The van der Waals surface area contributed by atoms with Crippen molar-refractivity contribution in [2.75, 3.05) is 32.8 Å². The Morgan fingerprint density at radius 3 is 2.75 bits per heavy atom. The average molecular weight is 276 g/mol.